The van der Waals surface area contributed by atoms with E-state index >= 15 is 0 Å². The summed E-state index contributed by atoms with van der Waals surface area (Å²) in [5.41, 5.74) is 5.84. The summed E-state index contributed by atoms with van der Waals surface area (Å²) in [4.78, 5) is 39.8. The van der Waals surface area contributed by atoms with E-state index in [1.54, 1.807) is 30.3 Å². The van der Waals surface area contributed by atoms with E-state index < -0.39 is 11.8 Å². The molecule has 3 amide bonds. The van der Waals surface area contributed by atoms with Gasteiger partial charge in [0.1, 0.15) is 10.7 Å². The van der Waals surface area contributed by atoms with Crippen molar-refractivity contribution in [3.8, 4) is 0 Å². The van der Waals surface area contributed by atoms with Gasteiger partial charge in [0.2, 0.25) is 0 Å². The minimum atomic E-state index is -0.598. The molecular formula is C27H24ClN3O3. The molecule has 3 aromatic carbocycles. The van der Waals surface area contributed by atoms with Gasteiger partial charge in [-0.25, -0.2) is 4.90 Å². The lowest BCUT2D eigenvalue weighted by Gasteiger charge is -2.16. The van der Waals surface area contributed by atoms with Crippen molar-refractivity contribution in [2.24, 2.45) is 0 Å². The van der Waals surface area contributed by atoms with E-state index in [1.807, 2.05) is 58.0 Å². The first-order valence-corrected chi connectivity index (χ1v) is 11.1. The van der Waals surface area contributed by atoms with Gasteiger partial charge in [-0.2, -0.15) is 0 Å². The Kier molecular flexibility index (Phi) is 6.26. The first-order chi connectivity index (χ1) is 16.2. The summed E-state index contributed by atoms with van der Waals surface area (Å²) in [6.45, 7) is 7.64. The molecule has 0 radical (unpaired) electrons. The standard InChI is InChI=1S/C27H24ClN3O3/c1-15-6-11-20(12-7-15)31-26(33)23(28)24(27(31)34)29-22-14-19(10-9-18(22)4)25(32)30-21-13-16(2)5-8-17(21)3/h5-14,29H,1-4H3,(H,30,32). The maximum atomic E-state index is 13.1. The van der Waals surface area contributed by atoms with Crippen LogP contribution < -0.4 is 15.5 Å². The molecule has 1 heterocycles. The third-order valence-electron chi connectivity index (χ3n) is 5.72. The van der Waals surface area contributed by atoms with Gasteiger partial charge in [-0.1, -0.05) is 47.5 Å². The lowest BCUT2D eigenvalue weighted by molar-refractivity contribution is -0.120. The number of amides is 3. The van der Waals surface area contributed by atoms with E-state index in [2.05, 4.69) is 10.6 Å². The van der Waals surface area contributed by atoms with Gasteiger partial charge < -0.3 is 10.6 Å². The van der Waals surface area contributed by atoms with Gasteiger partial charge in [0.25, 0.3) is 17.7 Å². The molecule has 0 spiro atoms. The Morgan fingerprint density at radius 2 is 1.38 bits per heavy atom. The van der Waals surface area contributed by atoms with Crippen molar-refractivity contribution in [1.29, 1.82) is 0 Å². The fourth-order valence-corrected chi connectivity index (χ4v) is 3.85. The van der Waals surface area contributed by atoms with Gasteiger partial charge in [-0.05, 0) is 74.7 Å². The van der Waals surface area contributed by atoms with E-state index in [-0.39, 0.29) is 16.6 Å². The highest BCUT2D eigenvalue weighted by Crippen LogP contribution is 2.31. The summed E-state index contributed by atoms with van der Waals surface area (Å²) in [6.07, 6.45) is 0. The van der Waals surface area contributed by atoms with Crippen molar-refractivity contribution in [3.63, 3.8) is 0 Å². The number of anilines is 3. The number of halogens is 1. The predicted molar refractivity (Wildman–Crippen MR) is 135 cm³/mol. The molecule has 0 aromatic heterocycles. The largest absolute Gasteiger partial charge is 0.349 e. The zero-order valence-electron chi connectivity index (χ0n) is 19.3. The average Bonchev–Trinajstić information content (AvgIpc) is 3.01. The van der Waals surface area contributed by atoms with E-state index in [9.17, 15) is 14.4 Å². The van der Waals surface area contributed by atoms with Crippen LogP contribution in [0.25, 0.3) is 0 Å². The van der Waals surface area contributed by atoms with Crippen LogP contribution in [0.1, 0.15) is 32.6 Å². The summed E-state index contributed by atoms with van der Waals surface area (Å²) < 4.78 is 0. The molecule has 1 aliphatic rings. The Bertz CT molecular complexity index is 1360. The van der Waals surface area contributed by atoms with Crippen LogP contribution in [-0.4, -0.2) is 17.7 Å². The van der Waals surface area contributed by atoms with Crippen molar-refractivity contribution in [2.45, 2.75) is 27.7 Å². The van der Waals surface area contributed by atoms with Crippen LogP contribution >= 0.6 is 11.6 Å². The van der Waals surface area contributed by atoms with Crippen LogP contribution in [0.2, 0.25) is 0 Å². The molecule has 0 atom stereocenters. The van der Waals surface area contributed by atoms with E-state index in [4.69, 9.17) is 11.6 Å². The fourth-order valence-electron chi connectivity index (χ4n) is 3.64. The topological polar surface area (TPSA) is 78.5 Å². The van der Waals surface area contributed by atoms with E-state index in [0.29, 0.717) is 16.9 Å². The number of benzene rings is 3. The quantitative estimate of drug-likeness (QED) is 0.472. The van der Waals surface area contributed by atoms with Crippen molar-refractivity contribution in [1.82, 2.24) is 0 Å². The van der Waals surface area contributed by atoms with Gasteiger partial charge in [0.15, 0.2) is 0 Å². The molecule has 172 valence electrons. The first-order valence-electron chi connectivity index (χ1n) is 10.8. The number of carbonyl (C=O) groups excluding carboxylic acids is 3. The zero-order chi connectivity index (χ0) is 24.6. The smallest absolute Gasteiger partial charge is 0.283 e. The number of nitrogens with zero attached hydrogens (tertiary/aromatic N) is 1. The van der Waals surface area contributed by atoms with Gasteiger partial charge >= 0.3 is 0 Å². The van der Waals surface area contributed by atoms with Crippen LogP contribution in [0.15, 0.2) is 71.4 Å². The van der Waals surface area contributed by atoms with Crippen molar-refractivity contribution in [2.75, 3.05) is 15.5 Å². The summed E-state index contributed by atoms with van der Waals surface area (Å²) in [7, 11) is 0. The summed E-state index contributed by atoms with van der Waals surface area (Å²) in [6, 6.07) is 18.0. The number of nitrogens with one attached hydrogen (secondary N) is 2. The molecule has 0 aliphatic carbocycles. The Balaban J connectivity index is 1.59. The fraction of sp³-hybridized carbons (Fsp3) is 0.148. The highest BCUT2D eigenvalue weighted by molar-refractivity contribution is 6.53. The van der Waals surface area contributed by atoms with Crippen LogP contribution in [-0.2, 0) is 9.59 Å². The molecule has 0 saturated carbocycles. The van der Waals surface area contributed by atoms with Crippen molar-refractivity contribution >= 4 is 46.4 Å². The lowest BCUT2D eigenvalue weighted by Crippen LogP contribution is -2.32. The minimum absolute atomic E-state index is 0.0255. The number of imide groups is 1. The second-order valence-corrected chi connectivity index (χ2v) is 8.78. The number of carbonyl (C=O) groups is 3. The number of hydrogen-bond donors (Lipinski definition) is 2. The van der Waals surface area contributed by atoms with Crippen molar-refractivity contribution in [3.05, 3.63) is 99.2 Å². The molecule has 6 nitrogen and oxygen atoms in total. The summed E-state index contributed by atoms with van der Waals surface area (Å²) >= 11 is 6.27. The van der Waals surface area contributed by atoms with Crippen LogP contribution in [0.4, 0.5) is 17.1 Å². The summed E-state index contributed by atoms with van der Waals surface area (Å²) in [5, 5.41) is 5.72. The molecule has 1 aliphatic heterocycles. The highest BCUT2D eigenvalue weighted by atomic mass is 35.5. The maximum absolute atomic E-state index is 13.1. The van der Waals surface area contributed by atoms with Gasteiger partial charge in [-0.3, -0.25) is 14.4 Å². The molecule has 0 fully saturated rings. The Hall–Kier alpha value is -3.90. The lowest BCUT2D eigenvalue weighted by atomic mass is 10.1. The number of rotatable bonds is 5. The van der Waals surface area contributed by atoms with E-state index in [0.717, 1.165) is 32.8 Å². The molecule has 2 N–H and O–H groups in total. The van der Waals surface area contributed by atoms with Crippen LogP contribution in [0.5, 0.6) is 0 Å². The number of hydrogen-bond acceptors (Lipinski definition) is 4. The molecular weight excluding hydrogens is 450 g/mol. The van der Waals surface area contributed by atoms with Gasteiger partial charge in [0, 0.05) is 16.9 Å². The molecule has 34 heavy (non-hydrogen) atoms. The van der Waals surface area contributed by atoms with Gasteiger partial charge in [0.05, 0.1) is 5.69 Å². The Morgan fingerprint density at radius 3 is 2.09 bits per heavy atom. The van der Waals surface area contributed by atoms with Crippen LogP contribution in [0, 0.1) is 27.7 Å². The minimum Gasteiger partial charge on any atom is -0.349 e. The normalized spacial score (nSPS) is 13.5. The Morgan fingerprint density at radius 1 is 0.765 bits per heavy atom. The van der Waals surface area contributed by atoms with E-state index in [1.165, 1.54) is 0 Å². The van der Waals surface area contributed by atoms with Crippen molar-refractivity contribution < 1.29 is 14.4 Å². The second-order valence-electron chi connectivity index (χ2n) is 8.40. The summed E-state index contributed by atoms with van der Waals surface area (Å²) in [5.74, 6) is -1.44. The van der Waals surface area contributed by atoms with Crippen LogP contribution in [0.3, 0.4) is 0 Å². The molecule has 4 rings (SSSR count). The zero-order valence-corrected chi connectivity index (χ0v) is 20.1. The molecule has 7 heteroatoms. The first kappa shape index (κ1) is 23.3. The maximum Gasteiger partial charge on any atom is 0.283 e. The highest BCUT2D eigenvalue weighted by Gasteiger charge is 2.39. The third kappa shape index (κ3) is 4.45. The second kappa shape index (κ2) is 9.15. The predicted octanol–water partition coefficient (Wildman–Crippen LogP) is 5.61. The monoisotopic (exact) mass is 473 g/mol. The third-order valence-corrected chi connectivity index (χ3v) is 6.07. The molecule has 0 bridgehead atoms. The number of aryl methyl sites for hydroxylation is 4. The molecule has 0 unspecified atom stereocenters. The Labute approximate surface area is 203 Å². The average molecular weight is 474 g/mol. The molecule has 3 aromatic rings. The van der Waals surface area contributed by atoms with Gasteiger partial charge in [-0.15, -0.1) is 0 Å². The SMILES string of the molecule is Cc1ccc(N2C(=O)C(Cl)=C(Nc3cc(C(=O)Nc4cc(C)ccc4C)ccc3C)C2=O)cc1. The molecule has 0 saturated heterocycles.